The van der Waals surface area contributed by atoms with Crippen LogP contribution in [0, 0.1) is 6.07 Å². The number of methoxy groups -OCH3 is 2. The molecule has 2 rings (SSSR count). The Morgan fingerprint density at radius 1 is 0.938 bits per heavy atom. The number of rotatable bonds is 3. The van der Waals surface area contributed by atoms with Gasteiger partial charge in [-0.25, -0.2) is 0 Å². The molecule has 0 aliphatic carbocycles. The third kappa shape index (κ3) is 1.87. The van der Waals surface area contributed by atoms with Crippen molar-refractivity contribution in [2.24, 2.45) is 0 Å². The molecular weight excluding hydrogens is 200 g/mol. The Labute approximate surface area is 95.4 Å². The molecule has 0 bridgehead atoms. The molecule has 81 valence electrons. The molecule has 0 aliphatic rings. The molecule has 0 aliphatic heterocycles. The van der Waals surface area contributed by atoms with Crippen molar-refractivity contribution in [3.63, 3.8) is 0 Å². The zero-order valence-corrected chi connectivity index (χ0v) is 9.36. The Morgan fingerprint density at radius 2 is 1.69 bits per heavy atom. The van der Waals surface area contributed by atoms with E-state index in [4.69, 9.17) is 9.47 Å². The van der Waals surface area contributed by atoms with Crippen LogP contribution in [0.4, 0.5) is 0 Å². The Bertz CT molecular complexity index is 441. The van der Waals surface area contributed by atoms with Gasteiger partial charge in [0, 0.05) is 6.07 Å². The van der Waals surface area contributed by atoms with Gasteiger partial charge in [-0.1, -0.05) is 30.3 Å². The van der Waals surface area contributed by atoms with E-state index in [2.05, 4.69) is 6.07 Å². The Morgan fingerprint density at radius 3 is 2.31 bits per heavy atom. The minimum absolute atomic E-state index is 0.700. The molecule has 0 unspecified atom stereocenters. The van der Waals surface area contributed by atoms with Crippen molar-refractivity contribution < 1.29 is 9.47 Å². The monoisotopic (exact) mass is 213 g/mol. The van der Waals surface area contributed by atoms with Crippen LogP contribution < -0.4 is 9.47 Å². The summed E-state index contributed by atoms with van der Waals surface area (Å²) in [5, 5.41) is 0. The topological polar surface area (TPSA) is 18.5 Å². The largest absolute Gasteiger partial charge is 0.496 e. The molecule has 16 heavy (non-hydrogen) atoms. The molecule has 0 fully saturated rings. The summed E-state index contributed by atoms with van der Waals surface area (Å²) in [6.45, 7) is 0. The van der Waals surface area contributed by atoms with Crippen LogP contribution in [0.3, 0.4) is 0 Å². The lowest BCUT2D eigenvalue weighted by atomic mass is 10.0. The van der Waals surface area contributed by atoms with Crippen molar-refractivity contribution in [3.8, 4) is 22.6 Å². The lowest BCUT2D eigenvalue weighted by Gasteiger charge is -2.12. The lowest BCUT2D eigenvalue weighted by molar-refractivity contribution is 0.397. The minimum atomic E-state index is 0.700. The quantitative estimate of drug-likeness (QED) is 0.779. The van der Waals surface area contributed by atoms with Gasteiger partial charge in [0.15, 0.2) is 0 Å². The molecule has 0 amide bonds. The summed E-state index contributed by atoms with van der Waals surface area (Å²) < 4.78 is 10.6. The van der Waals surface area contributed by atoms with E-state index in [1.165, 1.54) is 0 Å². The van der Waals surface area contributed by atoms with E-state index in [1.54, 1.807) is 20.3 Å². The van der Waals surface area contributed by atoms with Crippen LogP contribution in [0.1, 0.15) is 0 Å². The molecule has 0 N–H and O–H groups in total. The lowest BCUT2D eigenvalue weighted by Crippen LogP contribution is -1.92. The third-order valence-electron chi connectivity index (χ3n) is 2.41. The summed E-state index contributed by atoms with van der Waals surface area (Å²) in [5.74, 6) is 1.49. The van der Waals surface area contributed by atoms with E-state index in [0.29, 0.717) is 5.75 Å². The fourth-order valence-electron chi connectivity index (χ4n) is 1.67. The zero-order chi connectivity index (χ0) is 11.4. The average Bonchev–Trinajstić information content (AvgIpc) is 2.38. The first kappa shape index (κ1) is 10.6. The highest BCUT2D eigenvalue weighted by Crippen LogP contribution is 2.37. The van der Waals surface area contributed by atoms with E-state index >= 15 is 0 Å². The van der Waals surface area contributed by atoms with Gasteiger partial charge >= 0.3 is 0 Å². The summed E-state index contributed by atoms with van der Waals surface area (Å²) in [7, 11) is 3.29. The number of hydrogen-bond donors (Lipinski definition) is 0. The van der Waals surface area contributed by atoms with Gasteiger partial charge in [0.2, 0.25) is 0 Å². The van der Waals surface area contributed by atoms with Crippen LogP contribution in [0.15, 0.2) is 42.5 Å². The predicted octanol–water partition coefficient (Wildman–Crippen LogP) is 3.17. The number of benzene rings is 2. The third-order valence-corrected chi connectivity index (χ3v) is 2.41. The molecule has 2 nitrogen and oxygen atoms in total. The van der Waals surface area contributed by atoms with Crippen molar-refractivity contribution in [2.75, 3.05) is 14.2 Å². The van der Waals surface area contributed by atoms with E-state index < -0.39 is 0 Å². The van der Waals surface area contributed by atoms with Crippen molar-refractivity contribution in [1.29, 1.82) is 0 Å². The molecule has 0 saturated carbocycles. The molecule has 2 aromatic carbocycles. The maximum atomic E-state index is 5.34. The van der Waals surface area contributed by atoms with E-state index in [0.717, 1.165) is 16.9 Å². The number of hydrogen-bond acceptors (Lipinski definition) is 2. The van der Waals surface area contributed by atoms with Gasteiger partial charge in [0.25, 0.3) is 0 Å². The van der Waals surface area contributed by atoms with Crippen LogP contribution >= 0.6 is 0 Å². The Hall–Kier alpha value is -1.96. The zero-order valence-electron chi connectivity index (χ0n) is 9.36. The molecule has 0 atom stereocenters. The fraction of sp³-hybridized carbons (Fsp3) is 0.143. The first-order chi connectivity index (χ1) is 7.86. The first-order valence-corrected chi connectivity index (χ1v) is 5.05. The van der Waals surface area contributed by atoms with E-state index in [-0.39, 0.29) is 0 Å². The van der Waals surface area contributed by atoms with E-state index in [1.807, 2.05) is 36.4 Å². The summed E-state index contributed by atoms with van der Waals surface area (Å²) >= 11 is 0. The summed E-state index contributed by atoms with van der Waals surface area (Å²) in [5.41, 5.74) is 2.00. The normalized spacial score (nSPS) is 9.88. The highest BCUT2D eigenvalue weighted by Gasteiger charge is 2.11. The fourth-order valence-corrected chi connectivity index (χ4v) is 1.67. The van der Waals surface area contributed by atoms with Crippen LogP contribution in [0.5, 0.6) is 11.5 Å². The highest BCUT2D eigenvalue weighted by atomic mass is 16.5. The molecular formula is C14H13O2. The van der Waals surface area contributed by atoms with Gasteiger partial charge in [-0.3, -0.25) is 0 Å². The van der Waals surface area contributed by atoms with Crippen LogP contribution in [-0.4, -0.2) is 14.2 Å². The second kappa shape index (κ2) is 4.71. The standard InChI is InChI=1S/C14H13O2/c1-15-12-9-6-10-13(16-2)14(12)11-7-4-3-5-8-11/h3-9H,1-2H3. The second-order valence-electron chi connectivity index (χ2n) is 3.32. The van der Waals surface area contributed by atoms with Crippen LogP contribution in [0.2, 0.25) is 0 Å². The molecule has 2 heteroatoms. The number of ether oxygens (including phenoxy) is 2. The van der Waals surface area contributed by atoms with Gasteiger partial charge in [-0.15, -0.1) is 0 Å². The van der Waals surface area contributed by atoms with Crippen molar-refractivity contribution in [1.82, 2.24) is 0 Å². The average molecular weight is 213 g/mol. The SMILES string of the molecule is COc1[c]ccc(OC)c1-c1ccccc1. The summed E-state index contributed by atoms with van der Waals surface area (Å²) in [6, 6.07) is 16.7. The molecule has 0 saturated heterocycles. The van der Waals surface area contributed by atoms with Gasteiger partial charge in [0.05, 0.1) is 19.8 Å². The molecule has 1 radical (unpaired) electrons. The Balaban J connectivity index is 2.62. The molecule has 2 aromatic rings. The minimum Gasteiger partial charge on any atom is -0.496 e. The highest BCUT2D eigenvalue weighted by molar-refractivity contribution is 5.76. The maximum absolute atomic E-state index is 5.34. The summed E-state index contributed by atoms with van der Waals surface area (Å²) in [6.07, 6.45) is 0. The van der Waals surface area contributed by atoms with Crippen LogP contribution in [0.25, 0.3) is 11.1 Å². The first-order valence-electron chi connectivity index (χ1n) is 5.05. The van der Waals surface area contributed by atoms with Gasteiger partial charge in [-0.2, -0.15) is 0 Å². The van der Waals surface area contributed by atoms with Crippen molar-refractivity contribution in [3.05, 3.63) is 48.5 Å². The van der Waals surface area contributed by atoms with Crippen molar-refractivity contribution >= 4 is 0 Å². The molecule has 0 heterocycles. The van der Waals surface area contributed by atoms with Crippen LogP contribution in [-0.2, 0) is 0 Å². The second-order valence-corrected chi connectivity index (χ2v) is 3.32. The van der Waals surface area contributed by atoms with Crippen molar-refractivity contribution in [2.45, 2.75) is 0 Å². The molecule has 0 aromatic heterocycles. The maximum Gasteiger partial charge on any atom is 0.138 e. The van der Waals surface area contributed by atoms with Gasteiger partial charge in [-0.05, 0) is 17.7 Å². The van der Waals surface area contributed by atoms with Gasteiger partial charge in [0.1, 0.15) is 11.5 Å². The predicted molar refractivity (Wildman–Crippen MR) is 63.8 cm³/mol. The molecule has 0 spiro atoms. The summed E-state index contributed by atoms with van der Waals surface area (Å²) in [4.78, 5) is 0. The van der Waals surface area contributed by atoms with Gasteiger partial charge < -0.3 is 9.47 Å². The van der Waals surface area contributed by atoms with E-state index in [9.17, 15) is 0 Å². The Kier molecular flexibility index (Phi) is 3.10. The smallest absolute Gasteiger partial charge is 0.138 e.